The zero-order chi connectivity index (χ0) is 20.1. The highest BCUT2D eigenvalue weighted by molar-refractivity contribution is 5.83. The molecule has 10 heteroatoms. The lowest BCUT2D eigenvalue weighted by molar-refractivity contribution is -0.384. The zero-order valence-corrected chi connectivity index (χ0v) is 15.0. The molecule has 0 radical (unpaired) electrons. The van der Waals surface area contributed by atoms with E-state index in [1.807, 2.05) is 6.92 Å². The monoisotopic (exact) mass is 379 g/mol. The van der Waals surface area contributed by atoms with Gasteiger partial charge >= 0.3 is 11.7 Å². The minimum Gasteiger partial charge on any atom is -0.480 e. The summed E-state index contributed by atoms with van der Waals surface area (Å²) in [7, 11) is 0. The highest BCUT2D eigenvalue weighted by Crippen LogP contribution is 2.20. The molecule has 0 spiro atoms. The molecule has 0 saturated carbocycles. The molecular weight excluding hydrogens is 358 g/mol. The Morgan fingerprint density at radius 3 is 2.70 bits per heavy atom. The Bertz CT molecular complexity index is 915. The fourth-order valence-corrected chi connectivity index (χ4v) is 2.71. The van der Waals surface area contributed by atoms with Crippen molar-refractivity contribution in [1.82, 2.24) is 9.88 Å². The second kappa shape index (κ2) is 8.47. The van der Waals surface area contributed by atoms with Crippen molar-refractivity contribution in [2.75, 3.05) is 0 Å². The van der Waals surface area contributed by atoms with Crippen LogP contribution in [0.3, 0.4) is 0 Å². The Kier molecular flexibility index (Phi) is 6.32. The number of fused-ring (bicyclic) bond motifs is 1. The molecule has 10 nitrogen and oxygen atoms in total. The van der Waals surface area contributed by atoms with Crippen LogP contribution in [0.15, 0.2) is 27.4 Å². The zero-order valence-electron chi connectivity index (χ0n) is 15.0. The SMILES string of the molecule is CC[C@H](C)[C@H](NC(=O)CCCn1c(=O)oc2cc([N+](=O)[O-])ccc21)C(=O)O. The first-order chi connectivity index (χ1) is 12.7. The number of aliphatic carboxylic acids is 1. The largest absolute Gasteiger partial charge is 0.480 e. The molecule has 27 heavy (non-hydrogen) atoms. The molecule has 0 aliphatic carbocycles. The number of non-ortho nitro benzene ring substituents is 1. The normalized spacial score (nSPS) is 13.3. The minimum absolute atomic E-state index is 0.0340. The van der Waals surface area contributed by atoms with Gasteiger partial charge in [-0.3, -0.25) is 19.5 Å². The Morgan fingerprint density at radius 2 is 2.11 bits per heavy atom. The molecular formula is C17H21N3O7. The summed E-state index contributed by atoms with van der Waals surface area (Å²) in [5, 5.41) is 22.5. The number of hydrogen-bond donors (Lipinski definition) is 2. The van der Waals surface area contributed by atoms with E-state index in [1.54, 1.807) is 6.92 Å². The van der Waals surface area contributed by atoms with Crippen LogP contribution in [0.25, 0.3) is 11.1 Å². The van der Waals surface area contributed by atoms with Crippen LogP contribution in [0.1, 0.15) is 33.1 Å². The van der Waals surface area contributed by atoms with E-state index in [1.165, 1.54) is 22.8 Å². The van der Waals surface area contributed by atoms with Gasteiger partial charge in [-0.1, -0.05) is 20.3 Å². The first-order valence-electron chi connectivity index (χ1n) is 8.54. The maximum absolute atomic E-state index is 12.0. The molecule has 1 aromatic heterocycles. The summed E-state index contributed by atoms with van der Waals surface area (Å²) in [5.74, 6) is -2.38. The summed E-state index contributed by atoms with van der Waals surface area (Å²) in [6.45, 7) is 3.75. The molecule has 1 aromatic carbocycles. The standard InChI is InChI=1S/C17H21N3O7/c1-3-10(2)15(16(22)23)18-14(21)5-4-8-19-12-7-6-11(20(25)26)9-13(12)27-17(19)24/h6-7,9-10,15H,3-5,8H2,1-2H3,(H,18,21)(H,22,23)/t10-,15-/m0/s1. The first kappa shape index (κ1) is 20.1. The summed E-state index contributed by atoms with van der Waals surface area (Å²) >= 11 is 0. The molecule has 0 aliphatic heterocycles. The van der Waals surface area contributed by atoms with Crippen LogP contribution >= 0.6 is 0 Å². The van der Waals surface area contributed by atoms with E-state index < -0.39 is 28.6 Å². The third-order valence-electron chi connectivity index (χ3n) is 4.44. The Hall–Kier alpha value is -3.17. The lowest BCUT2D eigenvalue weighted by Gasteiger charge is -2.20. The van der Waals surface area contributed by atoms with Crippen LogP contribution in [-0.4, -0.2) is 32.5 Å². The summed E-state index contributed by atoms with van der Waals surface area (Å²) < 4.78 is 6.30. The van der Waals surface area contributed by atoms with Crippen molar-refractivity contribution in [3.05, 3.63) is 38.9 Å². The lowest BCUT2D eigenvalue weighted by atomic mass is 9.99. The highest BCUT2D eigenvalue weighted by atomic mass is 16.6. The van der Waals surface area contributed by atoms with E-state index in [2.05, 4.69) is 5.32 Å². The van der Waals surface area contributed by atoms with Crippen molar-refractivity contribution < 1.29 is 24.0 Å². The van der Waals surface area contributed by atoms with Gasteiger partial charge in [-0.25, -0.2) is 9.59 Å². The summed E-state index contributed by atoms with van der Waals surface area (Å²) in [6, 6.07) is 2.90. The average Bonchev–Trinajstić information content (AvgIpc) is 2.93. The summed E-state index contributed by atoms with van der Waals surface area (Å²) in [4.78, 5) is 45.4. The molecule has 2 N–H and O–H groups in total. The van der Waals surface area contributed by atoms with Gasteiger partial charge in [-0.15, -0.1) is 0 Å². The van der Waals surface area contributed by atoms with Gasteiger partial charge in [0.1, 0.15) is 6.04 Å². The predicted octanol–water partition coefficient (Wildman–Crippen LogP) is 1.90. The number of rotatable bonds is 9. The number of oxazole rings is 1. The fourth-order valence-electron chi connectivity index (χ4n) is 2.71. The van der Waals surface area contributed by atoms with Gasteiger partial charge < -0.3 is 14.8 Å². The smallest absolute Gasteiger partial charge is 0.419 e. The van der Waals surface area contributed by atoms with Crippen LogP contribution in [0.4, 0.5) is 5.69 Å². The lowest BCUT2D eigenvalue weighted by Crippen LogP contribution is -2.45. The van der Waals surface area contributed by atoms with Gasteiger partial charge in [-0.05, 0) is 18.4 Å². The van der Waals surface area contributed by atoms with Gasteiger partial charge in [0.2, 0.25) is 5.91 Å². The maximum atomic E-state index is 12.0. The number of carbonyl (C=O) groups excluding carboxylic acids is 1. The minimum atomic E-state index is -1.09. The van der Waals surface area contributed by atoms with Crippen molar-refractivity contribution in [3.8, 4) is 0 Å². The van der Waals surface area contributed by atoms with Crippen molar-refractivity contribution in [3.63, 3.8) is 0 Å². The average molecular weight is 379 g/mol. The second-order valence-electron chi connectivity index (χ2n) is 6.30. The number of amides is 1. The summed E-state index contributed by atoms with van der Waals surface area (Å²) in [5.41, 5.74) is 0.308. The molecule has 0 unspecified atom stereocenters. The van der Waals surface area contributed by atoms with Crippen molar-refractivity contribution in [2.24, 2.45) is 5.92 Å². The Balaban J connectivity index is 2.01. The first-order valence-corrected chi connectivity index (χ1v) is 8.54. The molecule has 2 rings (SSSR count). The van der Waals surface area contributed by atoms with Gasteiger partial charge in [-0.2, -0.15) is 0 Å². The summed E-state index contributed by atoms with van der Waals surface area (Å²) in [6.07, 6.45) is 0.927. The van der Waals surface area contributed by atoms with E-state index in [0.717, 1.165) is 0 Å². The third kappa shape index (κ3) is 4.72. The molecule has 1 amide bonds. The number of nitro benzene ring substituents is 1. The molecule has 0 saturated heterocycles. The van der Waals surface area contributed by atoms with Gasteiger partial charge in [0, 0.05) is 19.0 Å². The number of hydrogen-bond acceptors (Lipinski definition) is 6. The van der Waals surface area contributed by atoms with Gasteiger partial charge in [0.25, 0.3) is 5.69 Å². The van der Waals surface area contributed by atoms with Crippen LogP contribution in [-0.2, 0) is 16.1 Å². The van der Waals surface area contributed by atoms with E-state index in [0.29, 0.717) is 11.9 Å². The number of nitrogens with one attached hydrogen (secondary N) is 1. The van der Waals surface area contributed by atoms with E-state index in [4.69, 9.17) is 4.42 Å². The maximum Gasteiger partial charge on any atom is 0.419 e. The molecule has 0 fully saturated rings. The van der Waals surface area contributed by atoms with Crippen LogP contribution in [0.2, 0.25) is 0 Å². The third-order valence-corrected chi connectivity index (χ3v) is 4.44. The number of nitro groups is 1. The number of benzene rings is 1. The molecule has 2 aromatic rings. The van der Waals surface area contributed by atoms with E-state index in [-0.39, 0.29) is 36.6 Å². The second-order valence-corrected chi connectivity index (χ2v) is 6.30. The van der Waals surface area contributed by atoms with Crippen molar-refractivity contribution >= 4 is 28.7 Å². The van der Waals surface area contributed by atoms with E-state index >= 15 is 0 Å². The number of carbonyl (C=O) groups is 2. The molecule has 0 aliphatic rings. The van der Waals surface area contributed by atoms with Gasteiger partial charge in [0.05, 0.1) is 16.5 Å². The van der Waals surface area contributed by atoms with Crippen molar-refractivity contribution in [2.45, 2.75) is 45.7 Å². The predicted molar refractivity (Wildman–Crippen MR) is 95.4 cm³/mol. The number of aryl methyl sites for hydroxylation is 1. The van der Waals surface area contributed by atoms with Crippen LogP contribution in [0.5, 0.6) is 0 Å². The van der Waals surface area contributed by atoms with Crippen molar-refractivity contribution in [1.29, 1.82) is 0 Å². The van der Waals surface area contributed by atoms with Crippen LogP contribution in [0, 0.1) is 16.0 Å². The molecule has 2 atom stereocenters. The molecule has 0 bridgehead atoms. The van der Waals surface area contributed by atoms with E-state index in [9.17, 15) is 29.6 Å². The Morgan fingerprint density at radius 1 is 1.41 bits per heavy atom. The molecule has 146 valence electrons. The fraction of sp³-hybridized carbons (Fsp3) is 0.471. The highest BCUT2D eigenvalue weighted by Gasteiger charge is 2.25. The quantitative estimate of drug-likeness (QED) is 0.500. The number of carboxylic acid groups (broad SMARTS) is 1. The molecule has 1 heterocycles. The van der Waals surface area contributed by atoms with Gasteiger partial charge in [0.15, 0.2) is 5.58 Å². The number of carboxylic acids is 1. The topological polar surface area (TPSA) is 145 Å². The Labute approximate surface area is 153 Å². The number of aromatic nitrogens is 1. The van der Waals surface area contributed by atoms with Crippen LogP contribution < -0.4 is 11.1 Å². The number of nitrogens with zero attached hydrogens (tertiary/aromatic N) is 2.